The molecule has 1 unspecified atom stereocenters. The molecule has 0 fully saturated rings. The Labute approximate surface area is 106 Å². The van der Waals surface area contributed by atoms with Crippen molar-refractivity contribution in [1.82, 2.24) is 9.88 Å². The summed E-state index contributed by atoms with van der Waals surface area (Å²) in [6, 6.07) is 0. The largest absolute Gasteiger partial charge is 0.392 e. The van der Waals surface area contributed by atoms with Crippen molar-refractivity contribution in [3.05, 3.63) is 16.1 Å². The molecule has 0 radical (unpaired) electrons. The van der Waals surface area contributed by atoms with Crippen molar-refractivity contribution in [2.24, 2.45) is 0 Å². The van der Waals surface area contributed by atoms with Crippen LogP contribution in [0.25, 0.3) is 0 Å². The van der Waals surface area contributed by atoms with E-state index in [0.717, 1.165) is 36.6 Å². The zero-order valence-electron chi connectivity index (χ0n) is 9.82. The molecule has 0 amide bonds. The molecule has 0 saturated carbocycles. The average molecular weight is 263 g/mol. The maximum atomic E-state index is 9.21. The monoisotopic (exact) mass is 262 g/mol. The average Bonchev–Trinajstić information content (AvgIpc) is 2.64. The Morgan fingerprint density at radius 3 is 2.94 bits per heavy atom. The van der Waals surface area contributed by atoms with Gasteiger partial charge in [-0.05, 0) is 26.9 Å². The van der Waals surface area contributed by atoms with Gasteiger partial charge in [-0.15, -0.1) is 22.9 Å². The second-order valence-corrected chi connectivity index (χ2v) is 5.29. The summed E-state index contributed by atoms with van der Waals surface area (Å²) in [6.45, 7) is 3.52. The SMILES string of the molecule is CC(O)CN(C)CCCc1nc(CCl)cs1. The molecule has 1 aromatic rings. The van der Waals surface area contributed by atoms with E-state index in [2.05, 4.69) is 9.88 Å². The van der Waals surface area contributed by atoms with Crippen LogP contribution in [0.3, 0.4) is 0 Å². The lowest BCUT2D eigenvalue weighted by molar-refractivity contribution is 0.141. The van der Waals surface area contributed by atoms with Crippen molar-refractivity contribution >= 4 is 22.9 Å². The van der Waals surface area contributed by atoms with Gasteiger partial charge in [0.05, 0.1) is 22.7 Å². The Balaban J connectivity index is 2.19. The smallest absolute Gasteiger partial charge is 0.0929 e. The van der Waals surface area contributed by atoms with Gasteiger partial charge >= 0.3 is 0 Å². The summed E-state index contributed by atoms with van der Waals surface area (Å²) < 4.78 is 0. The third-order valence-corrected chi connectivity index (χ3v) is 3.47. The molecule has 1 atom stereocenters. The molecule has 1 N–H and O–H groups in total. The number of aryl methyl sites for hydroxylation is 1. The second kappa shape index (κ2) is 7.22. The van der Waals surface area contributed by atoms with Crippen LogP contribution in [0.4, 0.5) is 0 Å². The number of aliphatic hydroxyl groups is 1. The lowest BCUT2D eigenvalue weighted by Gasteiger charge is -2.17. The molecular weight excluding hydrogens is 244 g/mol. The van der Waals surface area contributed by atoms with Crippen LogP contribution in [-0.2, 0) is 12.3 Å². The van der Waals surface area contributed by atoms with E-state index in [0.29, 0.717) is 5.88 Å². The highest BCUT2D eigenvalue weighted by Crippen LogP contribution is 2.13. The molecular formula is C11H19ClN2OS. The van der Waals surface area contributed by atoms with Crippen molar-refractivity contribution in [2.75, 3.05) is 20.1 Å². The van der Waals surface area contributed by atoms with Crippen LogP contribution in [0.15, 0.2) is 5.38 Å². The predicted octanol–water partition coefficient (Wildman–Crippen LogP) is 2.13. The fourth-order valence-corrected chi connectivity index (χ4v) is 2.64. The van der Waals surface area contributed by atoms with Gasteiger partial charge in [0.1, 0.15) is 0 Å². The summed E-state index contributed by atoms with van der Waals surface area (Å²) in [5, 5.41) is 12.4. The number of thiazole rings is 1. The Hall–Kier alpha value is -0.160. The Kier molecular flexibility index (Phi) is 6.28. The minimum Gasteiger partial charge on any atom is -0.392 e. The van der Waals surface area contributed by atoms with Gasteiger partial charge < -0.3 is 10.0 Å². The molecule has 0 aliphatic heterocycles. The third-order valence-electron chi connectivity index (χ3n) is 2.24. The highest BCUT2D eigenvalue weighted by atomic mass is 35.5. The zero-order chi connectivity index (χ0) is 12.0. The minimum atomic E-state index is -0.257. The van der Waals surface area contributed by atoms with E-state index in [1.54, 1.807) is 11.3 Å². The molecule has 92 valence electrons. The molecule has 0 aliphatic carbocycles. The first kappa shape index (κ1) is 13.9. The number of nitrogens with zero attached hydrogens (tertiary/aromatic N) is 2. The number of aromatic nitrogens is 1. The van der Waals surface area contributed by atoms with Gasteiger partial charge in [0.25, 0.3) is 0 Å². The van der Waals surface area contributed by atoms with Gasteiger partial charge in [-0.2, -0.15) is 0 Å². The number of hydrogen-bond acceptors (Lipinski definition) is 4. The Morgan fingerprint density at radius 2 is 2.38 bits per heavy atom. The molecule has 1 aromatic heterocycles. The topological polar surface area (TPSA) is 36.4 Å². The van der Waals surface area contributed by atoms with Crippen LogP contribution in [0.2, 0.25) is 0 Å². The molecule has 0 bridgehead atoms. The van der Waals surface area contributed by atoms with Crippen LogP contribution >= 0.6 is 22.9 Å². The van der Waals surface area contributed by atoms with Crippen LogP contribution in [0.5, 0.6) is 0 Å². The van der Waals surface area contributed by atoms with Gasteiger partial charge in [0.2, 0.25) is 0 Å². The van der Waals surface area contributed by atoms with Crippen molar-refractivity contribution in [1.29, 1.82) is 0 Å². The summed E-state index contributed by atoms with van der Waals surface area (Å²) >= 11 is 7.37. The molecule has 1 heterocycles. The van der Waals surface area contributed by atoms with Gasteiger partial charge in [0.15, 0.2) is 0 Å². The van der Waals surface area contributed by atoms with E-state index in [1.807, 2.05) is 19.4 Å². The third kappa shape index (κ3) is 5.25. The molecule has 0 aliphatic rings. The number of hydrogen-bond donors (Lipinski definition) is 1. The van der Waals surface area contributed by atoms with E-state index in [4.69, 9.17) is 11.6 Å². The van der Waals surface area contributed by atoms with E-state index in [9.17, 15) is 5.11 Å². The zero-order valence-corrected chi connectivity index (χ0v) is 11.4. The molecule has 0 saturated heterocycles. The molecule has 0 aromatic carbocycles. The van der Waals surface area contributed by atoms with Gasteiger partial charge in [-0.3, -0.25) is 0 Å². The Bertz CT molecular complexity index is 304. The normalized spacial score (nSPS) is 13.3. The van der Waals surface area contributed by atoms with Crippen LogP contribution in [-0.4, -0.2) is 41.2 Å². The van der Waals surface area contributed by atoms with Crippen LogP contribution in [0, 0.1) is 0 Å². The van der Waals surface area contributed by atoms with Gasteiger partial charge in [0, 0.05) is 18.3 Å². The molecule has 16 heavy (non-hydrogen) atoms. The van der Waals surface area contributed by atoms with Crippen LogP contribution < -0.4 is 0 Å². The fraction of sp³-hybridized carbons (Fsp3) is 0.727. The summed E-state index contributed by atoms with van der Waals surface area (Å²) in [5.74, 6) is 0.498. The maximum Gasteiger partial charge on any atom is 0.0929 e. The predicted molar refractivity (Wildman–Crippen MR) is 69.2 cm³/mol. The summed E-state index contributed by atoms with van der Waals surface area (Å²) in [6.07, 6.45) is 1.80. The molecule has 0 spiro atoms. The van der Waals surface area contributed by atoms with E-state index in [1.165, 1.54) is 0 Å². The lowest BCUT2D eigenvalue weighted by Crippen LogP contribution is -2.28. The van der Waals surface area contributed by atoms with E-state index < -0.39 is 0 Å². The maximum absolute atomic E-state index is 9.21. The number of halogens is 1. The van der Waals surface area contributed by atoms with Crippen molar-refractivity contribution in [2.45, 2.75) is 31.7 Å². The van der Waals surface area contributed by atoms with Crippen LogP contribution in [0.1, 0.15) is 24.0 Å². The molecule has 5 heteroatoms. The van der Waals surface area contributed by atoms with Crippen molar-refractivity contribution in [3.63, 3.8) is 0 Å². The van der Waals surface area contributed by atoms with Gasteiger partial charge in [-0.1, -0.05) is 0 Å². The molecule has 1 rings (SSSR count). The Morgan fingerprint density at radius 1 is 1.62 bits per heavy atom. The first-order valence-corrected chi connectivity index (χ1v) is 6.89. The highest BCUT2D eigenvalue weighted by Gasteiger charge is 2.04. The number of alkyl halides is 1. The quantitative estimate of drug-likeness (QED) is 0.765. The first-order chi connectivity index (χ1) is 7.61. The fourth-order valence-electron chi connectivity index (χ4n) is 1.57. The lowest BCUT2D eigenvalue weighted by atomic mass is 10.3. The molecule has 3 nitrogen and oxygen atoms in total. The van der Waals surface area contributed by atoms with E-state index in [-0.39, 0.29) is 6.10 Å². The standard InChI is InChI=1S/C11H19ClN2OS/c1-9(15)7-14(2)5-3-4-11-13-10(6-12)8-16-11/h8-9,15H,3-7H2,1-2H3. The van der Waals surface area contributed by atoms with E-state index >= 15 is 0 Å². The number of aliphatic hydroxyl groups excluding tert-OH is 1. The van der Waals surface area contributed by atoms with Crippen molar-refractivity contribution < 1.29 is 5.11 Å². The highest BCUT2D eigenvalue weighted by molar-refractivity contribution is 7.09. The first-order valence-electron chi connectivity index (χ1n) is 5.47. The van der Waals surface area contributed by atoms with Gasteiger partial charge in [-0.25, -0.2) is 4.98 Å². The number of likely N-dealkylation sites (N-methyl/N-ethyl adjacent to an activating group) is 1. The number of rotatable bonds is 7. The summed E-state index contributed by atoms with van der Waals surface area (Å²) in [7, 11) is 2.03. The second-order valence-electron chi connectivity index (χ2n) is 4.08. The summed E-state index contributed by atoms with van der Waals surface area (Å²) in [5.41, 5.74) is 0.971. The van der Waals surface area contributed by atoms with Crippen molar-refractivity contribution in [3.8, 4) is 0 Å². The summed E-state index contributed by atoms with van der Waals surface area (Å²) in [4.78, 5) is 6.54. The minimum absolute atomic E-state index is 0.257.